The maximum Gasteiger partial charge on any atom is 0.259 e. The Kier molecular flexibility index (Phi) is 3.58. The van der Waals surface area contributed by atoms with E-state index in [9.17, 15) is 4.79 Å². The molecular weight excluding hydrogens is 280 g/mol. The summed E-state index contributed by atoms with van der Waals surface area (Å²) >= 11 is 0. The van der Waals surface area contributed by atoms with Gasteiger partial charge in [-0.25, -0.2) is 0 Å². The van der Waals surface area contributed by atoms with Crippen LogP contribution in [0.1, 0.15) is 21.9 Å². The summed E-state index contributed by atoms with van der Waals surface area (Å²) < 4.78 is 9.10. The van der Waals surface area contributed by atoms with Gasteiger partial charge in [0, 0.05) is 26.5 Å². The monoisotopic (exact) mass is 298 g/mol. The number of amides is 1. The predicted octanol–water partition coefficient (Wildman–Crippen LogP) is 2.38. The maximum absolute atomic E-state index is 12.7. The summed E-state index contributed by atoms with van der Waals surface area (Å²) in [6.45, 7) is 2.31. The van der Waals surface area contributed by atoms with Crippen molar-refractivity contribution in [1.29, 1.82) is 0 Å². The summed E-state index contributed by atoms with van der Waals surface area (Å²) in [7, 11) is 3.58. The summed E-state index contributed by atoms with van der Waals surface area (Å²) in [4.78, 5) is 14.3. The van der Waals surface area contributed by atoms with Crippen LogP contribution >= 0.6 is 0 Å². The summed E-state index contributed by atoms with van der Waals surface area (Å²) in [6, 6.07) is 7.60. The van der Waals surface area contributed by atoms with Crippen LogP contribution in [0.3, 0.4) is 0 Å². The Morgan fingerprint density at radius 2 is 2.05 bits per heavy atom. The van der Waals surface area contributed by atoms with Crippen molar-refractivity contribution in [1.82, 2.24) is 19.2 Å². The molecule has 6 heteroatoms. The van der Waals surface area contributed by atoms with Crippen molar-refractivity contribution in [3.8, 4) is 5.82 Å². The molecule has 0 aliphatic rings. The van der Waals surface area contributed by atoms with E-state index in [0.717, 1.165) is 17.3 Å². The fourth-order valence-corrected chi connectivity index (χ4v) is 2.45. The molecule has 1 amide bonds. The number of nitrogens with zero attached hydrogens (tertiary/aromatic N) is 4. The molecule has 6 nitrogen and oxygen atoms in total. The van der Waals surface area contributed by atoms with Gasteiger partial charge in [0.15, 0.2) is 0 Å². The van der Waals surface area contributed by atoms with Crippen LogP contribution < -0.4 is 0 Å². The maximum atomic E-state index is 12.7. The quantitative estimate of drug-likeness (QED) is 0.743. The third-order valence-electron chi connectivity index (χ3n) is 3.52. The fourth-order valence-electron chi connectivity index (χ4n) is 2.45. The van der Waals surface area contributed by atoms with Gasteiger partial charge in [0.25, 0.3) is 5.91 Å². The molecule has 0 aliphatic heterocycles. The van der Waals surface area contributed by atoms with E-state index in [1.165, 1.54) is 0 Å². The van der Waals surface area contributed by atoms with Gasteiger partial charge in [0.1, 0.15) is 22.9 Å². The van der Waals surface area contributed by atoms with Crippen LogP contribution in [0.5, 0.6) is 0 Å². The largest absolute Gasteiger partial charge is 0.464 e. The number of hydrogen-bond acceptors (Lipinski definition) is 3. The lowest BCUT2D eigenvalue weighted by Gasteiger charge is -2.16. The van der Waals surface area contributed by atoms with Gasteiger partial charge in [-0.05, 0) is 31.2 Å². The minimum atomic E-state index is -0.0918. The summed E-state index contributed by atoms with van der Waals surface area (Å²) in [5.41, 5.74) is 0.560. The number of rotatable bonds is 4. The topological polar surface area (TPSA) is 56.2 Å². The molecule has 0 radical (unpaired) electrons. The molecule has 0 fully saturated rings. The normalized spacial score (nSPS) is 10.9. The van der Waals surface area contributed by atoms with Gasteiger partial charge in [0.05, 0.1) is 12.7 Å². The SMILES string of the molecule is Cc1ccc(CN(C)C(=O)c2cnn(C)c2-n2cccc2)o1. The van der Waals surface area contributed by atoms with Crippen molar-refractivity contribution >= 4 is 5.91 Å². The summed E-state index contributed by atoms with van der Waals surface area (Å²) in [6.07, 6.45) is 5.38. The Balaban J connectivity index is 1.86. The Labute approximate surface area is 128 Å². The molecule has 114 valence electrons. The summed E-state index contributed by atoms with van der Waals surface area (Å²) in [5, 5.41) is 4.21. The van der Waals surface area contributed by atoms with Gasteiger partial charge in [-0.1, -0.05) is 0 Å². The van der Waals surface area contributed by atoms with Gasteiger partial charge in [-0.3, -0.25) is 9.48 Å². The minimum Gasteiger partial charge on any atom is -0.464 e. The van der Waals surface area contributed by atoms with E-state index >= 15 is 0 Å². The molecular formula is C16H18N4O2. The average molecular weight is 298 g/mol. The van der Waals surface area contributed by atoms with Crippen LogP contribution in [0.15, 0.2) is 47.3 Å². The molecule has 3 aromatic heterocycles. The first-order valence-corrected chi connectivity index (χ1v) is 7.02. The van der Waals surface area contributed by atoms with Crippen LogP contribution in [0, 0.1) is 6.92 Å². The van der Waals surface area contributed by atoms with Gasteiger partial charge in [0.2, 0.25) is 0 Å². The molecule has 3 heterocycles. The molecule has 0 aliphatic carbocycles. The zero-order chi connectivity index (χ0) is 15.7. The molecule has 0 N–H and O–H groups in total. The van der Waals surface area contributed by atoms with Crippen LogP contribution in [-0.2, 0) is 13.6 Å². The minimum absolute atomic E-state index is 0.0918. The zero-order valence-electron chi connectivity index (χ0n) is 12.9. The van der Waals surface area contributed by atoms with Crippen LogP contribution in [0.25, 0.3) is 5.82 Å². The first kappa shape index (κ1) is 14.2. The van der Waals surface area contributed by atoms with Crippen molar-refractivity contribution in [2.75, 3.05) is 7.05 Å². The number of furan rings is 1. The molecule has 0 saturated heterocycles. The molecule has 0 unspecified atom stereocenters. The third kappa shape index (κ3) is 2.55. The number of aryl methyl sites for hydroxylation is 2. The lowest BCUT2D eigenvalue weighted by Crippen LogP contribution is -2.26. The van der Waals surface area contributed by atoms with Crippen molar-refractivity contribution in [3.63, 3.8) is 0 Å². The molecule has 0 bridgehead atoms. The molecule has 0 aromatic carbocycles. The van der Waals surface area contributed by atoms with Crippen LogP contribution in [0.2, 0.25) is 0 Å². The Morgan fingerprint density at radius 3 is 2.68 bits per heavy atom. The standard InChI is InChI=1S/C16H18N4O2/c1-12-6-7-13(22-12)11-18(2)16(21)14-10-17-19(3)15(14)20-8-4-5-9-20/h4-10H,11H2,1-3H3. The Hall–Kier alpha value is -2.76. The lowest BCUT2D eigenvalue weighted by molar-refractivity contribution is 0.0775. The van der Waals surface area contributed by atoms with E-state index in [0.29, 0.717) is 12.1 Å². The van der Waals surface area contributed by atoms with Crippen molar-refractivity contribution < 1.29 is 9.21 Å². The second kappa shape index (κ2) is 5.55. The second-order valence-corrected chi connectivity index (χ2v) is 5.27. The Bertz CT molecular complexity index is 783. The van der Waals surface area contributed by atoms with E-state index in [1.807, 2.05) is 55.2 Å². The first-order chi connectivity index (χ1) is 10.6. The highest BCUT2D eigenvalue weighted by Gasteiger charge is 2.21. The van der Waals surface area contributed by atoms with Crippen molar-refractivity contribution in [2.24, 2.45) is 7.05 Å². The zero-order valence-corrected chi connectivity index (χ0v) is 12.9. The number of carbonyl (C=O) groups excluding carboxylic acids is 1. The van der Waals surface area contributed by atoms with Crippen LogP contribution in [0.4, 0.5) is 0 Å². The number of carbonyl (C=O) groups is 1. The van der Waals surface area contributed by atoms with E-state index in [-0.39, 0.29) is 5.91 Å². The van der Waals surface area contributed by atoms with Gasteiger partial charge in [-0.15, -0.1) is 0 Å². The predicted molar refractivity (Wildman–Crippen MR) is 81.8 cm³/mol. The fraction of sp³-hybridized carbons (Fsp3) is 0.250. The second-order valence-electron chi connectivity index (χ2n) is 5.27. The van der Waals surface area contributed by atoms with E-state index < -0.39 is 0 Å². The van der Waals surface area contributed by atoms with E-state index in [1.54, 1.807) is 22.8 Å². The highest BCUT2D eigenvalue weighted by molar-refractivity contribution is 5.96. The van der Waals surface area contributed by atoms with Gasteiger partial charge in [-0.2, -0.15) is 5.10 Å². The molecule has 0 saturated carbocycles. The van der Waals surface area contributed by atoms with E-state index in [4.69, 9.17) is 4.42 Å². The van der Waals surface area contributed by atoms with E-state index in [2.05, 4.69) is 5.10 Å². The molecule has 3 rings (SSSR count). The molecule has 22 heavy (non-hydrogen) atoms. The Morgan fingerprint density at radius 1 is 1.32 bits per heavy atom. The summed E-state index contributed by atoms with van der Waals surface area (Å²) in [5.74, 6) is 2.26. The van der Waals surface area contributed by atoms with Crippen LogP contribution in [-0.4, -0.2) is 32.2 Å². The van der Waals surface area contributed by atoms with Gasteiger partial charge < -0.3 is 13.9 Å². The van der Waals surface area contributed by atoms with Crippen molar-refractivity contribution in [3.05, 3.63) is 59.9 Å². The molecule has 0 atom stereocenters. The number of hydrogen-bond donors (Lipinski definition) is 0. The first-order valence-electron chi connectivity index (χ1n) is 7.02. The molecule has 0 spiro atoms. The average Bonchev–Trinajstić information content (AvgIpc) is 3.19. The third-order valence-corrected chi connectivity index (χ3v) is 3.52. The highest BCUT2D eigenvalue weighted by atomic mass is 16.3. The number of aromatic nitrogens is 3. The van der Waals surface area contributed by atoms with Gasteiger partial charge >= 0.3 is 0 Å². The molecule has 3 aromatic rings. The highest BCUT2D eigenvalue weighted by Crippen LogP contribution is 2.17. The van der Waals surface area contributed by atoms with Crippen molar-refractivity contribution in [2.45, 2.75) is 13.5 Å². The lowest BCUT2D eigenvalue weighted by atomic mass is 10.2. The smallest absolute Gasteiger partial charge is 0.259 e.